The highest BCUT2D eigenvalue weighted by Crippen LogP contribution is 2.53. The van der Waals surface area contributed by atoms with Crippen LogP contribution in [0.2, 0.25) is 0 Å². The summed E-state index contributed by atoms with van der Waals surface area (Å²) in [7, 11) is -12.0. The Bertz CT molecular complexity index is 258. The van der Waals surface area contributed by atoms with Gasteiger partial charge in [0.25, 0.3) is 0 Å². The molecule has 0 unspecified atom stereocenters. The summed E-state index contributed by atoms with van der Waals surface area (Å²) >= 11 is 0. The molecule has 0 heterocycles. The molecule has 0 aromatic heterocycles. The molecule has 0 bridgehead atoms. The molecule has 0 aromatic rings. The fraction of sp³-hybridized carbons (Fsp3) is 1.00. The van der Waals surface area contributed by atoms with Gasteiger partial charge >= 0.3 is 22.2 Å². The topological polar surface area (TPSA) is 149 Å². The molecule has 0 saturated heterocycles. The third kappa shape index (κ3) is 22.5. The van der Waals surface area contributed by atoms with Crippen LogP contribution in [0.1, 0.15) is 0 Å². The van der Waals surface area contributed by atoms with E-state index in [1.165, 1.54) is 0 Å². The molecule has 8 nitrogen and oxygen atoms in total. The third-order valence-corrected chi connectivity index (χ3v) is 1.91. The largest absolute Gasteiger partial charge is 0.446 e. The average molecular weight is 240 g/mol. The predicted octanol–water partition coefficient (Wildman–Crippen LogP) is 0.0459. The van der Waals surface area contributed by atoms with E-state index < -0.39 is 22.2 Å². The van der Waals surface area contributed by atoms with Crippen LogP contribution in [-0.4, -0.2) is 26.2 Å². The lowest BCUT2D eigenvalue weighted by molar-refractivity contribution is 0.381. The minimum atomic E-state index is -4.78. The molecule has 0 saturated carbocycles. The first kappa shape index (κ1) is 14.7. The molecule has 0 radical (unpaired) electrons. The van der Waals surface area contributed by atoms with Gasteiger partial charge in [0.15, 0.2) is 0 Å². The summed E-state index contributed by atoms with van der Waals surface area (Å²) in [5.74, 6) is 0. The smallest absolute Gasteiger partial charge is 0.325 e. The van der Waals surface area contributed by atoms with Crippen molar-refractivity contribution < 1.29 is 37.8 Å². The zero-order valence-electron chi connectivity index (χ0n) is 5.76. The van der Waals surface area contributed by atoms with Gasteiger partial charge in [0.05, 0.1) is 0 Å². The van der Waals surface area contributed by atoms with Crippen molar-refractivity contribution in [1.82, 2.24) is 0 Å². The van der Waals surface area contributed by atoms with Crippen LogP contribution in [0.3, 0.4) is 0 Å². The normalized spacial score (nSPS) is 11.4. The molecular formula is CH7O8P3. The van der Waals surface area contributed by atoms with Crippen molar-refractivity contribution in [2.24, 2.45) is 0 Å². The monoisotopic (exact) mass is 240 g/mol. The van der Waals surface area contributed by atoms with Crippen LogP contribution in [0.15, 0.2) is 0 Å². The number of hydrogen-bond donors (Lipinski definition) is 4. The summed E-state index contributed by atoms with van der Waals surface area (Å²) in [5, 5.41) is 0. The van der Waals surface area contributed by atoms with E-state index in [0.29, 0.717) is 0 Å². The number of rotatable bonds is 1. The molecule has 0 aromatic carbocycles. The quantitative estimate of drug-likeness (QED) is 0.469. The molecule has 74 valence electrons. The van der Waals surface area contributed by atoms with E-state index in [0.717, 1.165) is 6.66 Å². The van der Waals surface area contributed by atoms with E-state index in [4.69, 9.17) is 19.6 Å². The van der Waals surface area contributed by atoms with Crippen molar-refractivity contribution in [2.75, 3.05) is 6.66 Å². The Hall–Kier alpha value is 0.200. The van der Waals surface area contributed by atoms with E-state index >= 15 is 0 Å². The lowest BCUT2D eigenvalue weighted by Crippen LogP contribution is -1.64. The van der Waals surface area contributed by atoms with Crippen molar-refractivity contribution in [2.45, 2.75) is 0 Å². The molecule has 0 aliphatic heterocycles. The van der Waals surface area contributed by atoms with Gasteiger partial charge in [-0.25, -0.2) is 13.7 Å². The Balaban J connectivity index is 0. The lowest BCUT2D eigenvalue weighted by Gasteiger charge is -1.84. The molecule has 0 rings (SSSR count). The molecule has 0 fully saturated rings. The van der Waals surface area contributed by atoms with E-state index in [-0.39, 0.29) is 0 Å². The van der Waals surface area contributed by atoms with Gasteiger partial charge in [-0.05, 0) is 0 Å². The summed E-state index contributed by atoms with van der Waals surface area (Å²) < 4.78 is 37.3. The highest BCUT2D eigenvalue weighted by Gasteiger charge is 2.19. The minimum Gasteiger partial charge on any atom is -0.325 e. The van der Waals surface area contributed by atoms with Gasteiger partial charge in [-0.1, -0.05) is 0 Å². The van der Waals surface area contributed by atoms with Crippen LogP contribution in [-0.2, 0) is 18.3 Å². The highest BCUT2D eigenvalue weighted by atomic mass is 32.1. The van der Waals surface area contributed by atoms with E-state index in [1.54, 1.807) is 0 Å². The van der Waals surface area contributed by atoms with Gasteiger partial charge < -0.3 is 19.6 Å². The number of hydrogen-bond acceptors (Lipinski definition) is 4. The third-order valence-electron chi connectivity index (χ3n) is 0.213. The fourth-order valence-electron chi connectivity index (χ4n) is 0. The first-order valence-electron chi connectivity index (χ1n) is 2.18. The summed E-state index contributed by atoms with van der Waals surface area (Å²) in [6.07, 6.45) is 0. The van der Waals surface area contributed by atoms with Crippen molar-refractivity contribution in [3.63, 3.8) is 0 Å². The van der Waals surface area contributed by atoms with E-state index in [2.05, 4.69) is 0 Å². The Labute approximate surface area is 67.7 Å². The zero-order chi connectivity index (χ0) is 10.6. The molecule has 0 spiro atoms. The Morgan fingerprint density at radius 2 is 1.08 bits per heavy atom. The van der Waals surface area contributed by atoms with E-state index in [1.807, 2.05) is 0 Å². The van der Waals surface area contributed by atoms with Gasteiger partial charge in [-0.15, -0.1) is 0 Å². The molecule has 0 aliphatic carbocycles. The fourth-order valence-corrected chi connectivity index (χ4v) is 0. The van der Waals surface area contributed by atoms with Crippen LogP contribution in [0.4, 0.5) is 0 Å². The molecule has 0 aliphatic rings. The second-order valence-electron chi connectivity index (χ2n) is 1.59. The summed E-state index contributed by atoms with van der Waals surface area (Å²) in [5.41, 5.74) is 0. The maximum Gasteiger partial charge on any atom is 0.446 e. The Morgan fingerprint density at radius 3 is 1.08 bits per heavy atom. The SMILES string of the molecule is CP(=O)(O)O.O=P(=O)P(=O)(O)O. The molecule has 11 heteroatoms. The van der Waals surface area contributed by atoms with Crippen LogP contribution in [0, 0.1) is 0 Å². The van der Waals surface area contributed by atoms with Gasteiger partial charge in [0, 0.05) is 6.66 Å². The van der Waals surface area contributed by atoms with Crippen molar-refractivity contribution >= 4 is 22.2 Å². The van der Waals surface area contributed by atoms with Gasteiger partial charge in [-0.2, -0.15) is 0 Å². The second kappa shape index (κ2) is 5.04. The minimum absolute atomic E-state index is 0.854. The summed E-state index contributed by atoms with van der Waals surface area (Å²) in [6.45, 7) is 0.854. The zero-order valence-corrected chi connectivity index (χ0v) is 8.45. The van der Waals surface area contributed by atoms with Gasteiger partial charge in [-0.3, -0.25) is 4.57 Å². The van der Waals surface area contributed by atoms with Crippen molar-refractivity contribution in [3.8, 4) is 0 Å². The molecule has 0 amide bonds. The average Bonchev–Trinajstić information content (AvgIpc) is 1.55. The first-order chi connectivity index (χ1) is 4.94. The van der Waals surface area contributed by atoms with E-state index in [9.17, 15) is 18.3 Å². The standard InChI is InChI=1S/CH5O3P.H2O5P2/c1-5(2,3)4;1-6(2)7(3,4)5/h1H3,(H2,2,3,4);(H2,3,4,5). The highest BCUT2D eigenvalue weighted by molar-refractivity contribution is 8.16. The molecule has 4 N–H and O–H groups in total. The van der Waals surface area contributed by atoms with Crippen LogP contribution >= 0.6 is 22.2 Å². The van der Waals surface area contributed by atoms with Gasteiger partial charge in [0.1, 0.15) is 0 Å². The summed E-state index contributed by atoms with van der Waals surface area (Å²) in [4.78, 5) is 30.5. The van der Waals surface area contributed by atoms with Crippen LogP contribution in [0.25, 0.3) is 0 Å². The maximum absolute atomic E-state index is 9.43. The maximum atomic E-state index is 9.43. The molecular weight excluding hydrogens is 233 g/mol. The van der Waals surface area contributed by atoms with Gasteiger partial charge in [0.2, 0.25) is 0 Å². The first-order valence-corrected chi connectivity index (χ1v) is 7.73. The van der Waals surface area contributed by atoms with Crippen LogP contribution < -0.4 is 0 Å². The van der Waals surface area contributed by atoms with Crippen molar-refractivity contribution in [3.05, 3.63) is 0 Å². The molecule has 12 heavy (non-hydrogen) atoms. The Kier molecular flexibility index (Phi) is 6.18. The summed E-state index contributed by atoms with van der Waals surface area (Å²) in [6, 6.07) is 0. The van der Waals surface area contributed by atoms with Crippen molar-refractivity contribution in [1.29, 1.82) is 0 Å². The molecule has 0 atom stereocenters. The Morgan fingerprint density at radius 1 is 1.00 bits per heavy atom. The predicted molar refractivity (Wildman–Crippen MR) is 38.3 cm³/mol. The second-order valence-corrected chi connectivity index (χ2v) is 7.30. The lowest BCUT2D eigenvalue weighted by atomic mass is 12.0. The van der Waals surface area contributed by atoms with Crippen LogP contribution in [0.5, 0.6) is 0 Å².